The predicted molar refractivity (Wildman–Crippen MR) is 152 cm³/mol. The smallest absolute Gasteiger partial charge is 0.129 e. The van der Waals surface area contributed by atoms with Crippen molar-refractivity contribution in [2.75, 3.05) is 0 Å². The highest BCUT2D eigenvalue weighted by atomic mass is 32.1. The van der Waals surface area contributed by atoms with Gasteiger partial charge in [0.05, 0.1) is 5.69 Å². The molecular formula is C33H32FNS. The van der Waals surface area contributed by atoms with Crippen LogP contribution in [0.4, 0.5) is 4.39 Å². The fraction of sp³-hybridized carbons (Fsp3) is 0.303. The summed E-state index contributed by atoms with van der Waals surface area (Å²) in [5.41, 5.74) is 7.19. The molecule has 2 aromatic heterocycles. The van der Waals surface area contributed by atoms with Crippen LogP contribution in [0.3, 0.4) is 0 Å². The summed E-state index contributed by atoms with van der Waals surface area (Å²) in [4.78, 5) is 4.84. The van der Waals surface area contributed by atoms with Crippen LogP contribution in [0.5, 0.6) is 0 Å². The number of fused-ring (bicyclic) bond motifs is 3. The molecule has 36 heavy (non-hydrogen) atoms. The van der Waals surface area contributed by atoms with Crippen molar-refractivity contribution in [2.24, 2.45) is 5.92 Å². The molecule has 0 N–H and O–H groups in total. The van der Waals surface area contributed by atoms with E-state index in [0.717, 1.165) is 28.3 Å². The third kappa shape index (κ3) is 3.85. The molecule has 1 nitrogen and oxygen atoms in total. The van der Waals surface area contributed by atoms with Crippen LogP contribution in [0.15, 0.2) is 66.9 Å². The van der Waals surface area contributed by atoms with Gasteiger partial charge in [0.25, 0.3) is 0 Å². The van der Waals surface area contributed by atoms with Crippen LogP contribution >= 0.6 is 11.3 Å². The monoisotopic (exact) mass is 493 g/mol. The van der Waals surface area contributed by atoms with Gasteiger partial charge in [-0.05, 0) is 108 Å². The molecule has 0 bridgehead atoms. The summed E-state index contributed by atoms with van der Waals surface area (Å²) < 4.78 is 17.1. The van der Waals surface area contributed by atoms with Gasteiger partial charge in [-0.1, -0.05) is 44.9 Å². The van der Waals surface area contributed by atoms with E-state index < -0.39 is 0 Å². The summed E-state index contributed by atoms with van der Waals surface area (Å²) in [7, 11) is 0. The van der Waals surface area contributed by atoms with E-state index in [1.165, 1.54) is 51.4 Å². The average Bonchev–Trinajstić information content (AvgIpc) is 3.55. The Kier molecular flexibility index (Phi) is 5.72. The van der Waals surface area contributed by atoms with E-state index in [1.807, 2.05) is 43.5 Å². The second-order valence-corrected chi connectivity index (χ2v) is 12.1. The Balaban J connectivity index is 1.57. The van der Waals surface area contributed by atoms with Crippen LogP contribution in [0, 0.1) is 25.6 Å². The maximum Gasteiger partial charge on any atom is 0.129 e. The van der Waals surface area contributed by atoms with Gasteiger partial charge in [0.1, 0.15) is 5.82 Å². The number of nitrogens with zero attached hydrogens (tertiary/aromatic N) is 1. The van der Waals surface area contributed by atoms with Crippen LogP contribution in [0.1, 0.15) is 56.2 Å². The minimum atomic E-state index is -0.121. The van der Waals surface area contributed by atoms with E-state index in [4.69, 9.17) is 4.98 Å². The van der Waals surface area contributed by atoms with Gasteiger partial charge in [-0.2, -0.15) is 0 Å². The Hall–Kier alpha value is -3.04. The molecular weight excluding hydrogens is 461 g/mol. The van der Waals surface area contributed by atoms with Gasteiger partial charge in [0.2, 0.25) is 0 Å². The van der Waals surface area contributed by atoms with E-state index in [1.54, 1.807) is 0 Å². The fourth-order valence-electron chi connectivity index (χ4n) is 6.20. The van der Waals surface area contributed by atoms with Gasteiger partial charge in [-0.3, -0.25) is 4.98 Å². The van der Waals surface area contributed by atoms with Gasteiger partial charge in [-0.25, -0.2) is 4.39 Å². The Morgan fingerprint density at radius 3 is 2.33 bits per heavy atom. The molecule has 0 amide bonds. The van der Waals surface area contributed by atoms with Crippen molar-refractivity contribution in [1.82, 2.24) is 4.98 Å². The minimum Gasteiger partial charge on any atom is -0.256 e. The first-order chi connectivity index (χ1) is 17.3. The summed E-state index contributed by atoms with van der Waals surface area (Å²) in [5.74, 6) is 0.600. The number of hydrogen-bond donors (Lipinski definition) is 0. The third-order valence-corrected chi connectivity index (χ3v) is 9.52. The Morgan fingerprint density at radius 2 is 1.58 bits per heavy atom. The van der Waals surface area contributed by atoms with Crippen LogP contribution in [-0.2, 0) is 5.41 Å². The summed E-state index contributed by atoms with van der Waals surface area (Å²) >= 11 is 1.82. The molecule has 182 valence electrons. The third-order valence-electron chi connectivity index (χ3n) is 8.40. The number of aromatic nitrogens is 1. The first-order valence-electron chi connectivity index (χ1n) is 13.0. The lowest BCUT2D eigenvalue weighted by atomic mass is 9.72. The maximum absolute atomic E-state index is 14.6. The van der Waals surface area contributed by atoms with Crippen LogP contribution in [-0.4, -0.2) is 4.98 Å². The Morgan fingerprint density at radius 1 is 0.861 bits per heavy atom. The molecule has 1 fully saturated rings. The normalized spacial score (nSPS) is 14.8. The second-order valence-electron chi connectivity index (χ2n) is 11.1. The van der Waals surface area contributed by atoms with E-state index in [2.05, 4.69) is 62.4 Å². The SMILES string of the molecule is Cc1cc(-c2cc(-c3cc(C(C)(C)C4CCCC4)ccn3)cc3sc4ccccc4c23)cc(C)c1F. The lowest BCUT2D eigenvalue weighted by Gasteiger charge is -2.32. The molecule has 2 heterocycles. The molecule has 0 unspecified atom stereocenters. The molecule has 0 radical (unpaired) electrons. The van der Waals surface area contributed by atoms with E-state index in [9.17, 15) is 4.39 Å². The number of pyridine rings is 1. The van der Waals surface area contributed by atoms with Crippen LogP contribution in [0.25, 0.3) is 42.6 Å². The number of halogens is 1. The average molecular weight is 494 g/mol. The standard InChI is InChI=1S/C33H32FNS/c1-20-15-22(16-21(2)32(20)34)27-17-23(18-30-31(27)26-11-7-8-12-29(26)36-30)28-19-25(13-14-35-28)33(3,4)24-9-5-6-10-24/h7-8,11-19,24H,5-6,9-10H2,1-4H3. The minimum absolute atomic E-state index is 0.121. The first kappa shape index (κ1) is 23.4. The van der Waals surface area contributed by atoms with Crippen molar-refractivity contribution in [3.8, 4) is 22.4 Å². The summed E-state index contributed by atoms with van der Waals surface area (Å²) in [6.45, 7) is 8.50. The van der Waals surface area contributed by atoms with E-state index in [0.29, 0.717) is 11.1 Å². The number of aryl methyl sites for hydroxylation is 2. The van der Waals surface area contributed by atoms with Gasteiger partial charge in [0, 0.05) is 31.9 Å². The predicted octanol–water partition coefficient (Wildman–Crippen LogP) is 10.0. The molecule has 0 saturated heterocycles. The van der Waals surface area contributed by atoms with E-state index in [-0.39, 0.29) is 11.2 Å². The molecule has 1 aliphatic rings. The zero-order chi connectivity index (χ0) is 25.0. The zero-order valence-electron chi connectivity index (χ0n) is 21.5. The highest BCUT2D eigenvalue weighted by Gasteiger charge is 2.33. The summed E-state index contributed by atoms with van der Waals surface area (Å²) in [6, 6.07) is 21.6. The van der Waals surface area contributed by atoms with Crippen LogP contribution < -0.4 is 0 Å². The molecule has 0 atom stereocenters. The molecule has 0 spiro atoms. The number of thiophene rings is 1. The Labute approximate surface area is 217 Å². The van der Waals surface area contributed by atoms with Crippen LogP contribution in [0.2, 0.25) is 0 Å². The zero-order valence-corrected chi connectivity index (χ0v) is 22.3. The molecule has 6 rings (SSSR count). The van der Waals surface area contributed by atoms with Crippen molar-refractivity contribution < 1.29 is 4.39 Å². The number of hydrogen-bond acceptors (Lipinski definition) is 2. The van der Waals surface area contributed by atoms with Crippen molar-refractivity contribution in [2.45, 2.75) is 58.8 Å². The van der Waals surface area contributed by atoms with E-state index >= 15 is 0 Å². The lowest BCUT2D eigenvalue weighted by Crippen LogP contribution is -2.26. The number of benzene rings is 3. The quantitative estimate of drug-likeness (QED) is 0.243. The lowest BCUT2D eigenvalue weighted by molar-refractivity contribution is 0.325. The molecule has 1 saturated carbocycles. The second kappa shape index (κ2) is 8.81. The van der Waals surface area contributed by atoms with Crippen molar-refractivity contribution >= 4 is 31.5 Å². The molecule has 1 aliphatic carbocycles. The molecule has 3 aromatic carbocycles. The van der Waals surface area contributed by atoms with Gasteiger partial charge < -0.3 is 0 Å². The first-order valence-corrected chi connectivity index (χ1v) is 13.8. The van der Waals surface area contributed by atoms with Crippen molar-refractivity contribution in [3.05, 3.63) is 89.4 Å². The topological polar surface area (TPSA) is 12.9 Å². The van der Waals surface area contributed by atoms with Gasteiger partial charge >= 0.3 is 0 Å². The van der Waals surface area contributed by atoms with Crippen molar-refractivity contribution in [1.29, 1.82) is 0 Å². The summed E-state index contributed by atoms with van der Waals surface area (Å²) in [6.07, 6.45) is 7.28. The number of rotatable bonds is 4. The van der Waals surface area contributed by atoms with Crippen molar-refractivity contribution in [3.63, 3.8) is 0 Å². The summed E-state index contributed by atoms with van der Waals surface area (Å²) in [5, 5.41) is 2.50. The van der Waals surface area contributed by atoms with Gasteiger partial charge in [-0.15, -0.1) is 11.3 Å². The highest BCUT2D eigenvalue weighted by Crippen LogP contribution is 2.45. The molecule has 0 aliphatic heterocycles. The highest BCUT2D eigenvalue weighted by molar-refractivity contribution is 7.26. The molecule has 5 aromatic rings. The molecule has 3 heteroatoms. The largest absolute Gasteiger partial charge is 0.256 e. The fourth-order valence-corrected chi connectivity index (χ4v) is 7.38. The van der Waals surface area contributed by atoms with Gasteiger partial charge in [0.15, 0.2) is 0 Å². The Bertz CT molecular complexity index is 1580. The maximum atomic E-state index is 14.6.